The van der Waals surface area contributed by atoms with Gasteiger partial charge in [0.1, 0.15) is 0 Å². The summed E-state index contributed by atoms with van der Waals surface area (Å²) in [6.45, 7) is 7.20. The highest BCUT2D eigenvalue weighted by Gasteiger charge is 2.26. The van der Waals surface area contributed by atoms with Crippen LogP contribution in [0.15, 0.2) is 51.8 Å². The van der Waals surface area contributed by atoms with Gasteiger partial charge in [0.2, 0.25) is 10.0 Å². The van der Waals surface area contributed by atoms with Crippen molar-refractivity contribution < 1.29 is 13.2 Å². The lowest BCUT2D eigenvalue weighted by Crippen LogP contribution is -2.43. The summed E-state index contributed by atoms with van der Waals surface area (Å²) in [5, 5.41) is 0. The van der Waals surface area contributed by atoms with Crippen LogP contribution in [0, 0.1) is 13.8 Å². The third-order valence-electron chi connectivity index (χ3n) is 4.76. The van der Waals surface area contributed by atoms with E-state index in [2.05, 4.69) is 37.7 Å². The van der Waals surface area contributed by atoms with Crippen LogP contribution < -0.4 is 4.72 Å². The third kappa shape index (κ3) is 5.18. The molecule has 0 bridgehead atoms. The summed E-state index contributed by atoms with van der Waals surface area (Å²) in [5.74, 6) is 0. The zero-order valence-electron chi connectivity index (χ0n) is 15.6. The minimum atomic E-state index is -3.61. The van der Waals surface area contributed by atoms with E-state index in [0.29, 0.717) is 24.2 Å². The number of rotatable bonds is 6. The van der Waals surface area contributed by atoms with Crippen molar-refractivity contribution in [1.29, 1.82) is 0 Å². The van der Waals surface area contributed by atoms with E-state index in [9.17, 15) is 8.42 Å². The SMILES string of the molecule is Cc1cccc(C(CNS(=O)(=O)c2ccc(C)cc2Br)N2CCOCC2)c1. The van der Waals surface area contributed by atoms with Crippen LogP contribution in [-0.4, -0.2) is 46.2 Å². The Balaban J connectivity index is 1.83. The number of ether oxygens (including phenoxy) is 1. The Hall–Kier alpha value is -1.25. The first-order valence-corrected chi connectivity index (χ1v) is 11.3. The molecule has 1 heterocycles. The normalized spacial score (nSPS) is 17.0. The highest BCUT2D eigenvalue weighted by atomic mass is 79.9. The fraction of sp³-hybridized carbons (Fsp3) is 0.400. The second kappa shape index (κ2) is 8.84. The molecular weight excluding hydrogens is 428 g/mol. The van der Waals surface area contributed by atoms with Crippen LogP contribution in [0.25, 0.3) is 0 Å². The molecule has 1 atom stereocenters. The number of nitrogens with zero attached hydrogens (tertiary/aromatic N) is 1. The highest BCUT2D eigenvalue weighted by molar-refractivity contribution is 9.10. The lowest BCUT2D eigenvalue weighted by Gasteiger charge is -2.35. The predicted octanol–water partition coefficient (Wildman–Crippen LogP) is 3.42. The molecule has 7 heteroatoms. The van der Waals surface area contributed by atoms with Crippen molar-refractivity contribution in [3.05, 3.63) is 63.6 Å². The molecule has 0 spiro atoms. The average molecular weight is 453 g/mol. The molecule has 1 saturated heterocycles. The number of sulfonamides is 1. The Morgan fingerprint density at radius 1 is 1.11 bits per heavy atom. The van der Waals surface area contributed by atoms with Gasteiger partial charge in [0.25, 0.3) is 0 Å². The lowest BCUT2D eigenvalue weighted by molar-refractivity contribution is 0.0172. The summed E-state index contributed by atoms with van der Waals surface area (Å²) >= 11 is 3.37. The van der Waals surface area contributed by atoms with Crippen LogP contribution in [0.4, 0.5) is 0 Å². The van der Waals surface area contributed by atoms with Crippen molar-refractivity contribution in [1.82, 2.24) is 9.62 Å². The zero-order valence-corrected chi connectivity index (χ0v) is 18.0. The van der Waals surface area contributed by atoms with E-state index in [1.165, 1.54) is 0 Å². The molecule has 0 amide bonds. The summed E-state index contributed by atoms with van der Waals surface area (Å²) < 4.78 is 34.6. The second-order valence-corrected chi connectivity index (χ2v) is 9.45. The number of halogens is 1. The van der Waals surface area contributed by atoms with Gasteiger partial charge in [0.15, 0.2) is 0 Å². The molecular formula is C20H25BrN2O3S. The minimum absolute atomic E-state index is 0.0344. The Labute approximate surface area is 169 Å². The molecule has 5 nitrogen and oxygen atoms in total. The summed E-state index contributed by atoms with van der Waals surface area (Å²) in [6, 6.07) is 13.5. The fourth-order valence-corrected chi connectivity index (χ4v) is 5.54. The second-order valence-electron chi connectivity index (χ2n) is 6.86. The van der Waals surface area contributed by atoms with Gasteiger partial charge in [-0.05, 0) is 53.0 Å². The fourth-order valence-electron chi connectivity index (χ4n) is 3.31. The van der Waals surface area contributed by atoms with Crippen molar-refractivity contribution in [2.75, 3.05) is 32.8 Å². The first kappa shape index (κ1) is 20.5. The van der Waals surface area contributed by atoms with Crippen LogP contribution in [0.3, 0.4) is 0 Å². The Morgan fingerprint density at radius 3 is 2.48 bits per heavy atom. The van der Waals surface area contributed by atoms with E-state index in [4.69, 9.17) is 4.74 Å². The third-order valence-corrected chi connectivity index (χ3v) is 7.16. The number of benzene rings is 2. The molecule has 2 aromatic carbocycles. The maximum Gasteiger partial charge on any atom is 0.241 e. The van der Waals surface area contributed by atoms with Gasteiger partial charge in [-0.25, -0.2) is 13.1 Å². The Kier molecular flexibility index (Phi) is 6.70. The van der Waals surface area contributed by atoms with Crippen LogP contribution in [-0.2, 0) is 14.8 Å². The molecule has 0 saturated carbocycles. The van der Waals surface area contributed by atoms with Crippen LogP contribution in [0.2, 0.25) is 0 Å². The Bertz CT molecular complexity index is 896. The molecule has 146 valence electrons. The largest absolute Gasteiger partial charge is 0.379 e. The van der Waals surface area contributed by atoms with Gasteiger partial charge in [-0.1, -0.05) is 35.9 Å². The number of nitrogens with one attached hydrogen (secondary N) is 1. The first-order chi connectivity index (χ1) is 12.9. The van der Waals surface area contributed by atoms with Gasteiger partial charge in [0, 0.05) is 30.1 Å². The standard InChI is InChI=1S/C20H25BrN2O3S/c1-15-4-3-5-17(12-15)19(23-8-10-26-11-9-23)14-22-27(24,25)20-7-6-16(2)13-18(20)21/h3-7,12-13,19,22H,8-11,14H2,1-2H3. The van der Waals surface area contributed by atoms with Gasteiger partial charge in [-0.3, -0.25) is 4.90 Å². The molecule has 1 unspecified atom stereocenters. The molecule has 1 aliphatic heterocycles. The molecule has 0 aromatic heterocycles. The molecule has 0 aliphatic carbocycles. The number of aryl methyl sites for hydroxylation is 2. The van der Waals surface area contributed by atoms with Gasteiger partial charge >= 0.3 is 0 Å². The van der Waals surface area contributed by atoms with E-state index in [1.807, 2.05) is 32.0 Å². The van der Waals surface area contributed by atoms with Gasteiger partial charge in [-0.15, -0.1) is 0 Å². The summed E-state index contributed by atoms with van der Waals surface area (Å²) in [6.07, 6.45) is 0. The van der Waals surface area contributed by atoms with Crippen molar-refractivity contribution in [3.63, 3.8) is 0 Å². The molecule has 2 aromatic rings. The van der Waals surface area contributed by atoms with E-state index in [1.54, 1.807) is 12.1 Å². The predicted molar refractivity (Wildman–Crippen MR) is 110 cm³/mol. The van der Waals surface area contributed by atoms with Crippen molar-refractivity contribution in [2.45, 2.75) is 24.8 Å². The molecule has 1 fully saturated rings. The molecule has 0 radical (unpaired) electrons. The number of morpholine rings is 1. The molecule has 1 N–H and O–H groups in total. The quantitative estimate of drug-likeness (QED) is 0.729. The van der Waals surface area contributed by atoms with Crippen molar-refractivity contribution in [3.8, 4) is 0 Å². The zero-order chi connectivity index (χ0) is 19.4. The first-order valence-electron chi connectivity index (χ1n) is 9.01. The van der Waals surface area contributed by atoms with E-state index >= 15 is 0 Å². The average Bonchev–Trinajstić information content (AvgIpc) is 2.62. The van der Waals surface area contributed by atoms with Crippen molar-refractivity contribution >= 4 is 26.0 Å². The minimum Gasteiger partial charge on any atom is -0.379 e. The van der Waals surface area contributed by atoms with Crippen LogP contribution >= 0.6 is 15.9 Å². The maximum absolute atomic E-state index is 12.9. The summed E-state index contributed by atoms with van der Waals surface area (Å²) in [5.41, 5.74) is 3.28. The van der Waals surface area contributed by atoms with Crippen LogP contribution in [0.5, 0.6) is 0 Å². The smallest absolute Gasteiger partial charge is 0.241 e. The molecule has 3 rings (SSSR count). The van der Waals surface area contributed by atoms with Crippen LogP contribution in [0.1, 0.15) is 22.7 Å². The van der Waals surface area contributed by atoms with Gasteiger partial charge < -0.3 is 4.74 Å². The number of hydrogen-bond donors (Lipinski definition) is 1. The highest BCUT2D eigenvalue weighted by Crippen LogP contribution is 2.25. The van der Waals surface area contributed by atoms with Crippen molar-refractivity contribution in [2.24, 2.45) is 0 Å². The maximum atomic E-state index is 12.9. The number of hydrogen-bond acceptors (Lipinski definition) is 4. The lowest BCUT2D eigenvalue weighted by atomic mass is 10.0. The summed E-state index contributed by atoms with van der Waals surface area (Å²) in [4.78, 5) is 2.54. The monoisotopic (exact) mass is 452 g/mol. The topological polar surface area (TPSA) is 58.6 Å². The molecule has 1 aliphatic rings. The molecule has 27 heavy (non-hydrogen) atoms. The van der Waals surface area contributed by atoms with Gasteiger partial charge in [-0.2, -0.15) is 0 Å². The van der Waals surface area contributed by atoms with E-state index < -0.39 is 10.0 Å². The van der Waals surface area contributed by atoms with E-state index in [-0.39, 0.29) is 10.9 Å². The Morgan fingerprint density at radius 2 is 1.81 bits per heavy atom. The summed E-state index contributed by atoms with van der Waals surface area (Å²) in [7, 11) is -3.61. The van der Waals surface area contributed by atoms with Gasteiger partial charge in [0.05, 0.1) is 18.1 Å². The van der Waals surface area contributed by atoms with E-state index in [0.717, 1.165) is 29.8 Å².